The summed E-state index contributed by atoms with van der Waals surface area (Å²) in [5.41, 5.74) is 1.32. The second-order valence-electron chi connectivity index (χ2n) is 5.45. The molecule has 0 aromatic carbocycles. The molecule has 1 fully saturated rings. The van der Waals surface area contributed by atoms with E-state index in [0.717, 1.165) is 19.6 Å². The minimum absolute atomic E-state index is 0.00403. The standard InChI is InChI=1S/C16H19N3O3S/c20-15(10-17-16(21)14-2-1-8-22-14)19-6-4-18(5-7-19)11-13-3-9-23-12-13/h1-3,8-9,12H,4-7,10-11H2,(H,17,21). The maximum Gasteiger partial charge on any atom is 0.287 e. The van der Waals surface area contributed by atoms with E-state index in [4.69, 9.17) is 4.42 Å². The molecule has 0 aliphatic carbocycles. The van der Waals surface area contributed by atoms with Crippen LogP contribution in [0.25, 0.3) is 0 Å². The molecular formula is C16H19N3O3S. The van der Waals surface area contributed by atoms with Gasteiger partial charge in [0.05, 0.1) is 12.8 Å². The first-order valence-corrected chi connectivity index (χ1v) is 8.49. The van der Waals surface area contributed by atoms with Crippen molar-refractivity contribution in [2.75, 3.05) is 32.7 Å². The van der Waals surface area contributed by atoms with Gasteiger partial charge in [0.2, 0.25) is 5.91 Å². The lowest BCUT2D eigenvalue weighted by atomic mass is 10.2. The molecule has 0 spiro atoms. The Balaban J connectivity index is 1.40. The van der Waals surface area contributed by atoms with Crippen LogP contribution < -0.4 is 5.32 Å². The van der Waals surface area contributed by atoms with Crippen molar-refractivity contribution in [1.29, 1.82) is 0 Å². The van der Waals surface area contributed by atoms with Gasteiger partial charge in [0, 0.05) is 32.7 Å². The van der Waals surface area contributed by atoms with Gasteiger partial charge in [0.15, 0.2) is 5.76 Å². The maximum atomic E-state index is 12.2. The largest absolute Gasteiger partial charge is 0.459 e. The molecule has 0 atom stereocenters. The summed E-state index contributed by atoms with van der Waals surface area (Å²) in [5.74, 6) is -0.196. The fourth-order valence-electron chi connectivity index (χ4n) is 2.56. The summed E-state index contributed by atoms with van der Waals surface area (Å²) in [6, 6.07) is 5.35. The monoisotopic (exact) mass is 333 g/mol. The van der Waals surface area contributed by atoms with E-state index in [-0.39, 0.29) is 24.1 Å². The molecule has 122 valence electrons. The van der Waals surface area contributed by atoms with Crippen molar-refractivity contribution in [3.05, 3.63) is 46.5 Å². The normalized spacial score (nSPS) is 15.6. The third kappa shape index (κ3) is 4.20. The van der Waals surface area contributed by atoms with Crippen molar-refractivity contribution >= 4 is 23.2 Å². The molecule has 0 bridgehead atoms. The number of furan rings is 1. The highest BCUT2D eigenvalue weighted by atomic mass is 32.1. The number of rotatable bonds is 5. The number of carbonyl (C=O) groups is 2. The van der Waals surface area contributed by atoms with Crippen LogP contribution in [0.3, 0.4) is 0 Å². The third-order valence-corrected chi connectivity index (χ3v) is 4.59. The lowest BCUT2D eigenvalue weighted by molar-refractivity contribution is -0.131. The Bertz CT molecular complexity index is 632. The van der Waals surface area contributed by atoms with Crippen LogP contribution in [0.15, 0.2) is 39.6 Å². The summed E-state index contributed by atoms with van der Waals surface area (Å²) in [4.78, 5) is 28.0. The van der Waals surface area contributed by atoms with Crippen LogP contribution in [0.4, 0.5) is 0 Å². The summed E-state index contributed by atoms with van der Waals surface area (Å²) >= 11 is 1.70. The summed E-state index contributed by atoms with van der Waals surface area (Å²) in [5, 5.41) is 6.83. The van der Waals surface area contributed by atoms with Gasteiger partial charge in [0.25, 0.3) is 5.91 Å². The Kier molecular flexibility index (Phi) is 5.09. The van der Waals surface area contributed by atoms with Crippen molar-refractivity contribution in [2.24, 2.45) is 0 Å². The first kappa shape index (κ1) is 15.8. The summed E-state index contributed by atoms with van der Waals surface area (Å²) in [7, 11) is 0. The van der Waals surface area contributed by atoms with Crippen LogP contribution in [0.2, 0.25) is 0 Å². The topological polar surface area (TPSA) is 65.8 Å². The number of hydrogen-bond donors (Lipinski definition) is 1. The van der Waals surface area contributed by atoms with Gasteiger partial charge >= 0.3 is 0 Å². The number of carbonyl (C=O) groups excluding carboxylic acids is 2. The zero-order chi connectivity index (χ0) is 16.1. The van der Waals surface area contributed by atoms with Crippen molar-refractivity contribution in [3.63, 3.8) is 0 Å². The third-order valence-electron chi connectivity index (χ3n) is 3.86. The van der Waals surface area contributed by atoms with Crippen LogP contribution in [-0.2, 0) is 11.3 Å². The quantitative estimate of drug-likeness (QED) is 0.899. The molecule has 0 saturated carbocycles. The van der Waals surface area contributed by atoms with E-state index in [0.29, 0.717) is 13.1 Å². The van der Waals surface area contributed by atoms with Crippen molar-refractivity contribution in [1.82, 2.24) is 15.1 Å². The van der Waals surface area contributed by atoms with Gasteiger partial charge in [-0.05, 0) is 34.5 Å². The van der Waals surface area contributed by atoms with Gasteiger partial charge in [-0.2, -0.15) is 11.3 Å². The van der Waals surface area contributed by atoms with Gasteiger partial charge in [-0.1, -0.05) is 0 Å². The predicted molar refractivity (Wildman–Crippen MR) is 87.2 cm³/mol. The first-order chi connectivity index (χ1) is 11.2. The second kappa shape index (κ2) is 7.43. The molecule has 2 aromatic heterocycles. The zero-order valence-electron chi connectivity index (χ0n) is 12.7. The zero-order valence-corrected chi connectivity index (χ0v) is 13.6. The van der Waals surface area contributed by atoms with Crippen molar-refractivity contribution in [3.8, 4) is 0 Å². The Morgan fingerprint density at radius 1 is 1.22 bits per heavy atom. The molecule has 23 heavy (non-hydrogen) atoms. The highest BCUT2D eigenvalue weighted by Gasteiger charge is 2.21. The highest BCUT2D eigenvalue weighted by Crippen LogP contribution is 2.11. The van der Waals surface area contributed by atoms with Crippen LogP contribution in [0.5, 0.6) is 0 Å². The Morgan fingerprint density at radius 2 is 2.04 bits per heavy atom. The molecule has 6 nitrogen and oxygen atoms in total. The van der Waals surface area contributed by atoms with Crippen LogP contribution in [0.1, 0.15) is 16.1 Å². The lowest BCUT2D eigenvalue weighted by Gasteiger charge is -2.34. The molecule has 7 heteroatoms. The number of hydrogen-bond acceptors (Lipinski definition) is 5. The van der Waals surface area contributed by atoms with Crippen LogP contribution in [0, 0.1) is 0 Å². The molecular weight excluding hydrogens is 314 g/mol. The fourth-order valence-corrected chi connectivity index (χ4v) is 3.22. The number of piperazine rings is 1. The average molecular weight is 333 g/mol. The van der Waals surface area contributed by atoms with Gasteiger partial charge in [-0.3, -0.25) is 14.5 Å². The lowest BCUT2D eigenvalue weighted by Crippen LogP contribution is -2.50. The number of thiophene rings is 1. The number of nitrogens with one attached hydrogen (secondary N) is 1. The summed E-state index contributed by atoms with van der Waals surface area (Å²) in [6.45, 7) is 4.03. The maximum absolute atomic E-state index is 12.2. The van der Waals surface area contributed by atoms with Crippen LogP contribution in [-0.4, -0.2) is 54.3 Å². The van der Waals surface area contributed by atoms with E-state index in [2.05, 4.69) is 27.0 Å². The van der Waals surface area contributed by atoms with Gasteiger partial charge in [-0.15, -0.1) is 0 Å². The minimum Gasteiger partial charge on any atom is -0.459 e. The molecule has 1 N–H and O–H groups in total. The number of amides is 2. The first-order valence-electron chi connectivity index (χ1n) is 7.55. The Hall–Kier alpha value is -2.12. The molecule has 1 aliphatic heterocycles. The average Bonchev–Trinajstić information content (AvgIpc) is 3.26. The number of nitrogens with zero attached hydrogens (tertiary/aromatic N) is 2. The van der Waals surface area contributed by atoms with E-state index in [1.54, 1.807) is 28.4 Å². The van der Waals surface area contributed by atoms with Gasteiger partial charge < -0.3 is 14.6 Å². The molecule has 3 rings (SSSR count). The Labute approximate surface area is 138 Å². The summed E-state index contributed by atoms with van der Waals surface area (Å²) < 4.78 is 4.99. The minimum atomic E-state index is -0.362. The van der Waals surface area contributed by atoms with Crippen LogP contribution >= 0.6 is 11.3 Å². The van der Waals surface area contributed by atoms with E-state index >= 15 is 0 Å². The molecule has 0 unspecified atom stereocenters. The van der Waals surface area contributed by atoms with E-state index in [1.165, 1.54) is 11.8 Å². The SMILES string of the molecule is O=C(NCC(=O)N1CCN(Cc2ccsc2)CC1)c1ccco1. The van der Waals surface area contributed by atoms with Gasteiger partial charge in [-0.25, -0.2) is 0 Å². The molecule has 2 amide bonds. The second-order valence-corrected chi connectivity index (χ2v) is 6.23. The summed E-state index contributed by atoms with van der Waals surface area (Å²) in [6.07, 6.45) is 1.43. The van der Waals surface area contributed by atoms with E-state index in [1.807, 2.05) is 0 Å². The molecule has 0 radical (unpaired) electrons. The van der Waals surface area contributed by atoms with Gasteiger partial charge in [0.1, 0.15) is 0 Å². The Morgan fingerprint density at radius 3 is 2.70 bits per heavy atom. The van der Waals surface area contributed by atoms with Crippen molar-refractivity contribution in [2.45, 2.75) is 6.54 Å². The molecule has 3 heterocycles. The molecule has 1 aliphatic rings. The smallest absolute Gasteiger partial charge is 0.287 e. The predicted octanol–water partition coefficient (Wildman–Crippen LogP) is 1.42. The molecule has 2 aromatic rings. The fraction of sp³-hybridized carbons (Fsp3) is 0.375. The van der Waals surface area contributed by atoms with Crippen molar-refractivity contribution < 1.29 is 14.0 Å². The molecule has 1 saturated heterocycles. The highest BCUT2D eigenvalue weighted by molar-refractivity contribution is 7.07. The van der Waals surface area contributed by atoms with E-state index in [9.17, 15) is 9.59 Å². The van der Waals surface area contributed by atoms with E-state index < -0.39 is 0 Å².